The number of benzene rings is 2. The van der Waals surface area contributed by atoms with E-state index >= 15 is 0 Å². The normalized spacial score (nSPS) is 14.3. The summed E-state index contributed by atoms with van der Waals surface area (Å²) in [5.74, 6) is 5.18. The quantitative estimate of drug-likeness (QED) is 0.509. The molecule has 1 aromatic heterocycles. The Morgan fingerprint density at radius 3 is 2.73 bits per heavy atom. The van der Waals surface area contributed by atoms with Gasteiger partial charge >= 0.3 is 0 Å². The number of hydrogen-bond donors (Lipinski definition) is 1. The van der Waals surface area contributed by atoms with Crippen LogP contribution in [0.1, 0.15) is 27.7 Å². The van der Waals surface area contributed by atoms with Crippen LogP contribution in [0, 0.1) is 17.7 Å². The first-order valence-electron chi connectivity index (χ1n) is 9.44. The van der Waals surface area contributed by atoms with Gasteiger partial charge in [0.05, 0.1) is 11.4 Å². The second-order valence-corrected chi connectivity index (χ2v) is 8.02. The molecule has 0 radical (unpaired) electrons. The third-order valence-corrected chi connectivity index (χ3v) is 5.88. The molecule has 2 heterocycles. The predicted octanol–water partition coefficient (Wildman–Crippen LogP) is 4.23. The summed E-state index contributed by atoms with van der Waals surface area (Å²) in [5, 5.41) is 2.75. The topological polar surface area (TPSA) is 55.4 Å². The minimum atomic E-state index is -0.394. The van der Waals surface area contributed by atoms with Gasteiger partial charge in [-0.3, -0.25) is 9.59 Å². The largest absolute Gasteiger partial charge is 0.487 e. The Balaban J connectivity index is 1.45. The molecular weight excluding hydrogens is 401 g/mol. The minimum Gasteiger partial charge on any atom is -0.487 e. The van der Waals surface area contributed by atoms with E-state index < -0.39 is 5.91 Å². The van der Waals surface area contributed by atoms with Gasteiger partial charge in [-0.05, 0) is 43.3 Å². The highest BCUT2D eigenvalue weighted by Crippen LogP contribution is 2.42. The molecule has 1 aliphatic heterocycles. The first kappa shape index (κ1) is 19.9. The molecule has 1 atom stereocenters. The lowest BCUT2D eigenvalue weighted by Gasteiger charge is -2.12. The molecule has 4 nitrogen and oxygen atoms in total. The number of rotatable bonds is 4. The number of fused-ring (bicyclic) bond motifs is 1. The highest BCUT2D eigenvalue weighted by molar-refractivity contribution is 7.17. The Morgan fingerprint density at radius 1 is 1.20 bits per heavy atom. The van der Waals surface area contributed by atoms with Crippen molar-refractivity contribution in [2.24, 2.45) is 0 Å². The number of ketones is 1. The van der Waals surface area contributed by atoms with E-state index in [0.717, 1.165) is 16.0 Å². The van der Waals surface area contributed by atoms with Crippen molar-refractivity contribution < 1.29 is 18.7 Å². The molecule has 30 heavy (non-hydrogen) atoms. The van der Waals surface area contributed by atoms with Crippen molar-refractivity contribution in [3.05, 3.63) is 76.4 Å². The molecule has 2 aromatic carbocycles. The number of ether oxygens (including phenoxy) is 1. The average Bonchev–Trinajstić information content (AvgIpc) is 3.38. The van der Waals surface area contributed by atoms with E-state index in [2.05, 4.69) is 17.2 Å². The van der Waals surface area contributed by atoms with Crippen LogP contribution in [0.4, 0.5) is 4.39 Å². The molecule has 1 amide bonds. The van der Waals surface area contributed by atoms with E-state index in [1.165, 1.54) is 30.4 Å². The van der Waals surface area contributed by atoms with Crippen molar-refractivity contribution in [2.45, 2.75) is 19.4 Å². The number of halogens is 1. The lowest BCUT2D eigenvalue weighted by molar-refractivity contribution is -0.116. The molecule has 4 rings (SSSR count). The van der Waals surface area contributed by atoms with Crippen LogP contribution < -0.4 is 10.1 Å². The zero-order valence-corrected chi connectivity index (χ0v) is 17.0. The second kappa shape index (κ2) is 8.52. The Hall–Kier alpha value is -3.43. The maximum absolute atomic E-state index is 14.2. The van der Waals surface area contributed by atoms with Crippen LogP contribution in [0.15, 0.2) is 54.6 Å². The van der Waals surface area contributed by atoms with Gasteiger partial charge in [-0.25, -0.2) is 4.39 Å². The van der Waals surface area contributed by atoms with Crippen LogP contribution in [-0.2, 0) is 11.2 Å². The molecule has 0 saturated carbocycles. The molecule has 0 spiro atoms. The Labute approximate surface area is 177 Å². The summed E-state index contributed by atoms with van der Waals surface area (Å²) in [6.07, 6.45) is 0.174. The third-order valence-electron chi connectivity index (χ3n) is 4.67. The lowest BCUT2D eigenvalue weighted by atomic mass is 10.0. The van der Waals surface area contributed by atoms with Gasteiger partial charge < -0.3 is 10.1 Å². The van der Waals surface area contributed by atoms with Crippen LogP contribution in [-0.4, -0.2) is 24.3 Å². The summed E-state index contributed by atoms with van der Waals surface area (Å²) in [5.41, 5.74) is 2.13. The Morgan fingerprint density at radius 2 is 2.00 bits per heavy atom. The van der Waals surface area contributed by atoms with Crippen molar-refractivity contribution >= 4 is 23.0 Å². The highest BCUT2D eigenvalue weighted by atomic mass is 32.1. The Kier molecular flexibility index (Phi) is 5.64. The lowest BCUT2D eigenvalue weighted by Crippen LogP contribution is -2.33. The minimum absolute atomic E-state index is 0.0302. The number of amides is 1. The number of carbonyl (C=O) groups is 2. The summed E-state index contributed by atoms with van der Waals surface area (Å²) in [4.78, 5) is 25.0. The number of carbonyl (C=O) groups excluding carboxylic acids is 2. The van der Waals surface area contributed by atoms with Crippen LogP contribution in [0.25, 0.3) is 10.4 Å². The number of Topliss-reactive ketones (excluding diaryl/α,β-unsaturated/α-hetero) is 1. The van der Waals surface area contributed by atoms with Gasteiger partial charge in [0, 0.05) is 33.9 Å². The highest BCUT2D eigenvalue weighted by Gasteiger charge is 2.27. The third kappa shape index (κ3) is 4.42. The monoisotopic (exact) mass is 419 g/mol. The predicted molar refractivity (Wildman–Crippen MR) is 114 cm³/mol. The zero-order chi connectivity index (χ0) is 21.1. The van der Waals surface area contributed by atoms with Gasteiger partial charge in [-0.1, -0.05) is 24.1 Å². The van der Waals surface area contributed by atoms with Crippen molar-refractivity contribution in [3.8, 4) is 28.0 Å². The van der Waals surface area contributed by atoms with Gasteiger partial charge in [0.1, 0.15) is 17.7 Å². The summed E-state index contributed by atoms with van der Waals surface area (Å²) in [6.45, 7) is 1.77. The van der Waals surface area contributed by atoms with Crippen molar-refractivity contribution in [3.63, 3.8) is 0 Å². The Bertz CT molecular complexity index is 1170. The van der Waals surface area contributed by atoms with E-state index in [1.807, 2.05) is 30.3 Å². The molecule has 0 aliphatic carbocycles. The number of thiophene rings is 1. The molecule has 6 heteroatoms. The first-order chi connectivity index (χ1) is 14.5. The van der Waals surface area contributed by atoms with Crippen LogP contribution in [0.3, 0.4) is 0 Å². The van der Waals surface area contributed by atoms with Crippen LogP contribution in [0.2, 0.25) is 0 Å². The summed E-state index contributed by atoms with van der Waals surface area (Å²) in [6, 6.07) is 15.7. The van der Waals surface area contributed by atoms with E-state index in [4.69, 9.17) is 4.74 Å². The van der Waals surface area contributed by atoms with Crippen molar-refractivity contribution in [1.82, 2.24) is 5.32 Å². The molecule has 0 fully saturated rings. The number of nitrogens with one attached hydrogen (secondary N) is 1. The van der Waals surface area contributed by atoms with Crippen LogP contribution >= 0.6 is 11.3 Å². The van der Waals surface area contributed by atoms with Gasteiger partial charge in [0.25, 0.3) is 5.91 Å². The van der Waals surface area contributed by atoms with Gasteiger partial charge in [0.2, 0.25) is 0 Å². The van der Waals surface area contributed by atoms with Gasteiger partial charge in [-0.15, -0.1) is 11.3 Å². The average molecular weight is 419 g/mol. The van der Waals surface area contributed by atoms with E-state index in [0.29, 0.717) is 22.6 Å². The van der Waals surface area contributed by atoms with Crippen molar-refractivity contribution in [1.29, 1.82) is 0 Å². The molecular formula is C24H18FNO3S. The fourth-order valence-corrected chi connectivity index (χ4v) is 4.18. The SMILES string of the molecule is CC(=O)c1ccc(-c2cc(F)cc3c2OC(CNC(=O)C#Cc2ccccc2)C3)s1. The standard InChI is InChI=1S/C24H18FNO3S/c1-15(27)21-8-9-22(30-21)20-13-18(25)11-17-12-19(29-24(17)20)14-26-23(28)10-7-16-5-3-2-4-6-16/h2-6,8-9,11,13,19H,12,14H2,1H3,(H,26,28). The maximum Gasteiger partial charge on any atom is 0.296 e. The molecule has 0 bridgehead atoms. The fraction of sp³-hybridized carbons (Fsp3) is 0.167. The zero-order valence-electron chi connectivity index (χ0n) is 16.2. The van der Waals surface area contributed by atoms with E-state index in [-0.39, 0.29) is 24.2 Å². The fourth-order valence-electron chi connectivity index (χ4n) is 3.26. The molecule has 150 valence electrons. The molecule has 0 saturated heterocycles. The second-order valence-electron chi connectivity index (χ2n) is 6.93. The van der Waals surface area contributed by atoms with Crippen LogP contribution in [0.5, 0.6) is 5.75 Å². The molecule has 1 N–H and O–H groups in total. The molecule has 1 unspecified atom stereocenters. The molecule has 1 aliphatic rings. The number of hydrogen-bond acceptors (Lipinski definition) is 4. The van der Waals surface area contributed by atoms with Crippen molar-refractivity contribution in [2.75, 3.05) is 6.54 Å². The first-order valence-corrected chi connectivity index (χ1v) is 10.3. The maximum atomic E-state index is 14.2. The van der Waals surface area contributed by atoms with E-state index in [1.54, 1.807) is 12.1 Å². The summed E-state index contributed by atoms with van der Waals surface area (Å²) in [7, 11) is 0. The molecule has 3 aromatic rings. The summed E-state index contributed by atoms with van der Waals surface area (Å²) < 4.78 is 20.2. The summed E-state index contributed by atoms with van der Waals surface area (Å²) >= 11 is 1.31. The smallest absolute Gasteiger partial charge is 0.296 e. The van der Waals surface area contributed by atoms with Gasteiger partial charge in [-0.2, -0.15) is 0 Å². The van der Waals surface area contributed by atoms with E-state index in [9.17, 15) is 14.0 Å². The van der Waals surface area contributed by atoms with Gasteiger partial charge in [0.15, 0.2) is 5.78 Å².